The van der Waals surface area contributed by atoms with Crippen LogP contribution in [0.1, 0.15) is 18.2 Å². The summed E-state index contributed by atoms with van der Waals surface area (Å²) in [7, 11) is 1.61. The topological polar surface area (TPSA) is 106 Å². The summed E-state index contributed by atoms with van der Waals surface area (Å²) in [4.78, 5) is 12.8. The Kier molecular flexibility index (Phi) is 6.76. The molecule has 33 heavy (non-hydrogen) atoms. The number of ether oxygens (including phenoxy) is 1. The van der Waals surface area contributed by atoms with Gasteiger partial charge in [-0.05, 0) is 49.4 Å². The van der Waals surface area contributed by atoms with Crippen LogP contribution < -0.4 is 10.1 Å². The first-order valence-corrected chi connectivity index (χ1v) is 11.0. The van der Waals surface area contributed by atoms with Gasteiger partial charge in [-0.1, -0.05) is 30.0 Å². The van der Waals surface area contributed by atoms with Crippen LogP contribution in [0, 0.1) is 11.3 Å². The number of amides is 1. The van der Waals surface area contributed by atoms with Crippen LogP contribution in [0.3, 0.4) is 0 Å². The zero-order valence-corrected chi connectivity index (χ0v) is 18.9. The molecular weight excluding hydrogens is 438 g/mol. The van der Waals surface area contributed by atoms with E-state index in [4.69, 9.17) is 14.4 Å². The van der Waals surface area contributed by atoms with Crippen molar-refractivity contribution < 1.29 is 13.9 Å². The fourth-order valence-corrected chi connectivity index (χ4v) is 4.02. The summed E-state index contributed by atoms with van der Waals surface area (Å²) in [6.45, 7) is 2.21. The summed E-state index contributed by atoms with van der Waals surface area (Å²) in [5, 5.41) is 20.8. The quantitative estimate of drug-likeness (QED) is 0.384. The molecule has 0 aliphatic carbocycles. The molecule has 4 aromatic rings. The van der Waals surface area contributed by atoms with E-state index in [1.165, 1.54) is 11.8 Å². The van der Waals surface area contributed by atoms with Gasteiger partial charge < -0.3 is 14.5 Å². The molecule has 166 valence electrons. The highest BCUT2D eigenvalue weighted by molar-refractivity contribution is 8.00. The Morgan fingerprint density at radius 2 is 2.06 bits per heavy atom. The number of carbonyl (C=O) groups is 1. The van der Waals surface area contributed by atoms with E-state index in [9.17, 15) is 4.79 Å². The highest BCUT2D eigenvalue weighted by Gasteiger charge is 2.22. The number of anilines is 1. The number of hydrogen-bond acceptors (Lipinski definition) is 7. The van der Waals surface area contributed by atoms with Gasteiger partial charge in [0.2, 0.25) is 5.91 Å². The van der Waals surface area contributed by atoms with Gasteiger partial charge in [0.05, 0.1) is 36.8 Å². The molecule has 0 bridgehead atoms. The summed E-state index contributed by atoms with van der Waals surface area (Å²) < 4.78 is 12.8. The molecule has 0 aliphatic heterocycles. The van der Waals surface area contributed by atoms with Crippen LogP contribution in [-0.4, -0.2) is 33.0 Å². The van der Waals surface area contributed by atoms with Crippen LogP contribution in [0.2, 0.25) is 0 Å². The van der Waals surface area contributed by atoms with Crippen LogP contribution in [0.5, 0.6) is 5.75 Å². The molecule has 1 amide bonds. The minimum absolute atomic E-state index is 0.203. The van der Waals surface area contributed by atoms with E-state index in [0.29, 0.717) is 34.5 Å². The third-order valence-corrected chi connectivity index (χ3v) is 5.93. The molecule has 0 saturated carbocycles. The van der Waals surface area contributed by atoms with Crippen molar-refractivity contribution in [3.63, 3.8) is 0 Å². The largest absolute Gasteiger partial charge is 0.497 e. The molecule has 1 N–H and O–H groups in total. The molecule has 2 heterocycles. The zero-order valence-electron chi connectivity index (χ0n) is 18.1. The van der Waals surface area contributed by atoms with Crippen LogP contribution in [0.25, 0.3) is 11.4 Å². The first-order valence-electron chi connectivity index (χ1n) is 10.1. The maximum Gasteiger partial charge on any atom is 0.237 e. The van der Waals surface area contributed by atoms with Gasteiger partial charge in [-0.25, -0.2) is 0 Å². The molecule has 8 nitrogen and oxygen atoms in total. The molecule has 2 aromatic heterocycles. The molecule has 0 fully saturated rings. The minimum Gasteiger partial charge on any atom is -0.497 e. The van der Waals surface area contributed by atoms with Crippen molar-refractivity contribution in [1.29, 1.82) is 5.26 Å². The van der Waals surface area contributed by atoms with Gasteiger partial charge >= 0.3 is 0 Å². The monoisotopic (exact) mass is 459 g/mol. The molecule has 0 saturated heterocycles. The lowest BCUT2D eigenvalue weighted by atomic mass is 10.2. The van der Waals surface area contributed by atoms with Crippen molar-refractivity contribution >= 4 is 23.4 Å². The average Bonchev–Trinajstić information content (AvgIpc) is 3.50. The number of nitrogens with one attached hydrogen (secondary N) is 1. The smallest absolute Gasteiger partial charge is 0.237 e. The summed E-state index contributed by atoms with van der Waals surface area (Å²) >= 11 is 1.29. The van der Waals surface area contributed by atoms with E-state index >= 15 is 0 Å². The predicted molar refractivity (Wildman–Crippen MR) is 125 cm³/mol. The maximum atomic E-state index is 12.8. The minimum atomic E-state index is -0.464. The summed E-state index contributed by atoms with van der Waals surface area (Å²) in [6, 6.07) is 20.1. The number of aromatic nitrogens is 3. The maximum absolute atomic E-state index is 12.8. The van der Waals surface area contributed by atoms with Crippen LogP contribution in [0.4, 0.5) is 5.69 Å². The van der Waals surface area contributed by atoms with E-state index in [0.717, 1.165) is 11.3 Å². The molecule has 1 atom stereocenters. The van der Waals surface area contributed by atoms with Crippen LogP contribution in [0.15, 0.2) is 76.5 Å². The second-order valence-corrected chi connectivity index (χ2v) is 8.45. The van der Waals surface area contributed by atoms with Crippen molar-refractivity contribution in [2.45, 2.75) is 23.9 Å². The van der Waals surface area contributed by atoms with Crippen LogP contribution >= 0.6 is 11.8 Å². The Morgan fingerprint density at radius 1 is 1.21 bits per heavy atom. The number of methoxy groups -OCH3 is 1. The molecule has 9 heteroatoms. The highest BCUT2D eigenvalue weighted by Crippen LogP contribution is 2.30. The molecule has 0 aliphatic rings. The standard InChI is InChI=1S/C24H21N5O3S/c1-16(23(30)26-19-8-3-6-17(12-19)14-25)33-24-28-27-22(18-7-4-9-20(13-18)31-2)29(24)15-21-10-5-11-32-21/h3-13,16H,15H2,1-2H3,(H,26,30). The molecule has 0 spiro atoms. The number of benzene rings is 2. The normalized spacial score (nSPS) is 11.5. The van der Waals surface area contributed by atoms with E-state index in [1.54, 1.807) is 44.6 Å². The summed E-state index contributed by atoms with van der Waals surface area (Å²) in [6.07, 6.45) is 1.61. The first kappa shape index (κ1) is 22.2. The van der Waals surface area contributed by atoms with Crippen molar-refractivity contribution in [3.8, 4) is 23.2 Å². The Balaban J connectivity index is 1.59. The Bertz CT molecular complexity index is 1290. The molecule has 0 radical (unpaired) electrons. The Hall–Kier alpha value is -4.03. The second kappa shape index (κ2) is 10.1. The van der Waals surface area contributed by atoms with Crippen LogP contribution in [-0.2, 0) is 11.3 Å². The molecule has 1 unspecified atom stereocenters. The number of nitrogens with zero attached hydrogens (tertiary/aromatic N) is 4. The number of furan rings is 1. The fraction of sp³-hybridized carbons (Fsp3) is 0.167. The summed E-state index contributed by atoms with van der Waals surface area (Å²) in [5.41, 5.74) is 1.89. The van der Waals surface area contributed by atoms with Gasteiger partial charge in [0.15, 0.2) is 11.0 Å². The van der Waals surface area contributed by atoms with Gasteiger partial charge in [0.1, 0.15) is 11.5 Å². The SMILES string of the molecule is COc1cccc(-c2nnc(SC(C)C(=O)Nc3cccc(C#N)c3)n2Cc2ccco2)c1. The Labute approximate surface area is 195 Å². The van der Waals surface area contributed by atoms with Gasteiger partial charge in [0, 0.05) is 11.3 Å². The predicted octanol–water partition coefficient (Wildman–Crippen LogP) is 4.59. The van der Waals surface area contributed by atoms with E-state index in [2.05, 4.69) is 21.6 Å². The molecule has 2 aromatic carbocycles. The third kappa shape index (κ3) is 5.25. The van der Waals surface area contributed by atoms with Gasteiger partial charge in [-0.3, -0.25) is 9.36 Å². The number of nitriles is 1. The fourth-order valence-electron chi connectivity index (χ4n) is 3.17. The second-order valence-electron chi connectivity index (χ2n) is 7.15. The number of hydrogen-bond donors (Lipinski definition) is 1. The average molecular weight is 460 g/mol. The van der Waals surface area contributed by atoms with E-state index < -0.39 is 5.25 Å². The number of rotatable bonds is 8. The lowest BCUT2D eigenvalue weighted by molar-refractivity contribution is -0.115. The number of thioether (sulfide) groups is 1. The van der Waals surface area contributed by atoms with Crippen molar-refractivity contribution in [2.24, 2.45) is 0 Å². The molecular formula is C24H21N5O3S. The Morgan fingerprint density at radius 3 is 2.82 bits per heavy atom. The summed E-state index contributed by atoms with van der Waals surface area (Å²) in [5.74, 6) is 1.89. The van der Waals surface area contributed by atoms with Crippen molar-refractivity contribution in [1.82, 2.24) is 14.8 Å². The lowest BCUT2D eigenvalue weighted by Gasteiger charge is -2.13. The van der Waals surface area contributed by atoms with Crippen molar-refractivity contribution in [2.75, 3.05) is 12.4 Å². The first-order chi connectivity index (χ1) is 16.1. The molecule has 4 rings (SSSR count). The lowest BCUT2D eigenvalue weighted by Crippen LogP contribution is -2.23. The third-order valence-electron chi connectivity index (χ3n) is 4.85. The van der Waals surface area contributed by atoms with Crippen molar-refractivity contribution in [3.05, 3.63) is 78.3 Å². The van der Waals surface area contributed by atoms with Gasteiger partial charge in [-0.2, -0.15) is 5.26 Å². The zero-order chi connectivity index (χ0) is 23.2. The van der Waals surface area contributed by atoms with E-state index in [1.807, 2.05) is 41.0 Å². The van der Waals surface area contributed by atoms with Gasteiger partial charge in [0.25, 0.3) is 0 Å². The van der Waals surface area contributed by atoms with E-state index in [-0.39, 0.29) is 5.91 Å². The number of carbonyl (C=O) groups excluding carboxylic acids is 1. The highest BCUT2D eigenvalue weighted by atomic mass is 32.2. The van der Waals surface area contributed by atoms with Gasteiger partial charge in [-0.15, -0.1) is 10.2 Å².